The van der Waals surface area contributed by atoms with Crippen molar-refractivity contribution in [2.24, 2.45) is 4.99 Å². The van der Waals surface area contributed by atoms with E-state index >= 15 is 0 Å². The molecule has 1 aromatic heterocycles. The number of aliphatic carboxylic acids is 1. The highest BCUT2D eigenvalue weighted by Gasteiger charge is 2.38. The zero-order chi connectivity index (χ0) is 17.3. The van der Waals surface area contributed by atoms with Gasteiger partial charge in [-0.25, -0.2) is 4.79 Å². The summed E-state index contributed by atoms with van der Waals surface area (Å²) in [5.41, 5.74) is 0. The number of nitrogens with one attached hydrogen (secondary N) is 1. The smallest absolute Gasteiger partial charge is 0.475 e. The topological polar surface area (TPSA) is 101 Å². The highest BCUT2D eigenvalue weighted by atomic mass is 19.4. The molecule has 0 bridgehead atoms. The summed E-state index contributed by atoms with van der Waals surface area (Å²) in [5.74, 6) is 4.36. The molecule has 1 atom stereocenters. The van der Waals surface area contributed by atoms with Crippen LogP contribution in [0.4, 0.5) is 13.2 Å². The van der Waals surface area contributed by atoms with Crippen LogP contribution in [0.25, 0.3) is 0 Å². The third-order valence-electron chi connectivity index (χ3n) is 2.48. The van der Waals surface area contributed by atoms with Crippen molar-refractivity contribution in [1.82, 2.24) is 15.5 Å². The predicted molar refractivity (Wildman–Crippen MR) is 73.9 cm³/mol. The molecule has 0 aliphatic carbocycles. The zero-order valence-electron chi connectivity index (χ0n) is 12.2. The Hall–Kier alpha value is -2.57. The van der Waals surface area contributed by atoms with Crippen LogP contribution in [0, 0.1) is 11.8 Å². The van der Waals surface area contributed by atoms with Crippen molar-refractivity contribution >= 4 is 12.3 Å². The largest absolute Gasteiger partial charge is 0.490 e. The maximum atomic E-state index is 10.6. The number of alkyl halides is 3. The van der Waals surface area contributed by atoms with Gasteiger partial charge in [-0.2, -0.15) is 18.2 Å². The quantitative estimate of drug-likeness (QED) is 0.797. The molecule has 10 heteroatoms. The Morgan fingerprint density at radius 2 is 2.26 bits per heavy atom. The van der Waals surface area contributed by atoms with Crippen LogP contribution in [0.2, 0.25) is 0 Å². The second-order valence-corrected chi connectivity index (χ2v) is 4.41. The Balaban J connectivity index is 0.000000322. The van der Waals surface area contributed by atoms with Crippen LogP contribution < -0.4 is 5.32 Å². The molecule has 0 amide bonds. The monoisotopic (exact) mass is 332 g/mol. The fourth-order valence-corrected chi connectivity index (χ4v) is 1.39. The minimum Gasteiger partial charge on any atom is -0.475 e. The second-order valence-electron chi connectivity index (χ2n) is 4.41. The van der Waals surface area contributed by atoms with Gasteiger partial charge in [0.05, 0.1) is 18.8 Å². The molecule has 0 radical (unpaired) electrons. The summed E-state index contributed by atoms with van der Waals surface area (Å²) in [4.78, 5) is 17.3. The fraction of sp³-hybridized carbons (Fsp3) is 0.538. The van der Waals surface area contributed by atoms with E-state index < -0.39 is 12.1 Å². The van der Waals surface area contributed by atoms with Gasteiger partial charge in [-0.15, -0.1) is 0 Å². The summed E-state index contributed by atoms with van der Waals surface area (Å²) in [6, 6.07) is 0. The van der Waals surface area contributed by atoms with Crippen LogP contribution in [0.1, 0.15) is 37.4 Å². The molecular formula is C13H15F3N4O3. The summed E-state index contributed by atoms with van der Waals surface area (Å²) >= 11 is 0. The third-order valence-corrected chi connectivity index (χ3v) is 2.48. The molecule has 0 saturated carbocycles. The molecule has 0 spiro atoms. The number of unbranched alkanes of at least 4 members (excludes halogenated alkanes) is 1. The van der Waals surface area contributed by atoms with E-state index in [2.05, 4.69) is 39.2 Å². The Labute approximate surface area is 130 Å². The number of carbonyl (C=O) groups is 1. The summed E-state index contributed by atoms with van der Waals surface area (Å²) in [6.07, 6.45) is -1.48. The van der Waals surface area contributed by atoms with E-state index in [0.29, 0.717) is 18.3 Å². The van der Waals surface area contributed by atoms with E-state index in [0.717, 1.165) is 19.4 Å². The number of rotatable bonds is 2. The molecular weight excluding hydrogens is 317 g/mol. The molecule has 7 nitrogen and oxygen atoms in total. The van der Waals surface area contributed by atoms with Gasteiger partial charge in [0.2, 0.25) is 11.7 Å². The first kappa shape index (κ1) is 18.5. The maximum absolute atomic E-state index is 10.6. The van der Waals surface area contributed by atoms with Gasteiger partial charge in [0.1, 0.15) is 0 Å². The van der Waals surface area contributed by atoms with Crippen molar-refractivity contribution in [3.05, 3.63) is 11.7 Å². The number of hydrogen-bond donors (Lipinski definition) is 2. The minimum absolute atomic E-state index is 0.166. The number of aromatic nitrogens is 2. The summed E-state index contributed by atoms with van der Waals surface area (Å²) < 4.78 is 36.9. The van der Waals surface area contributed by atoms with E-state index in [-0.39, 0.29) is 5.92 Å². The number of carboxylic acids is 1. The van der Waals surface area contributed by atoms with Gasteiger partial charge in [-0.1, -0.05) is 12.8 Å². The number of halogens is 3. The van der Waals surface area contributed by atoms with Crippen LogP contribution in [0.5, 0.6) is 0 Å². The minimum atomic E-state index is -5.08. The van der Waals surface area contributed by atoms with Gasteiger partial charge in [0, 0.05) is 13.0 Å². The highest BCUT2D eigenvalue weighted by Crippen LogP contribution is 2.14. The van der Waals surface area contributed by atoms with Crippen molar-refractivity contribution in [2.45, 2.75) is 31.9 Å². The van der Waals surface area contributed by atoms with Gasteiger partial charge in [-0.3, -0.25) is 4.99 Å². The molecule has 1 aromatic rings. The molecule has 0 fully saturated rings. The lowest BCUT2D eigenvalue weighted by atomic mass is 10.1. The van der Waals surface area contributed by atoms with Gasteiger partial charge in [-0.05, 0) is 17.5 Å². The molecule has 1 aliphatic rings. The number of carboxylic acid groups (broad SMARTS) is 1. The molecule has 1 aliphatic heterocycles. The SMILES string of the molecule is CCCC#Cc1noc(C2CN=CNC2)n1.O=C(O)C(F)(F)F. The average molecular weight is 332 g/mol. The maximum Gasteiger partial charge on any atom is 0.490 e. The van der Waals surface area contributed by atoms with Gasteiger partial charge >= 0.3 is 12.1 Å². The Morgan fingerprint density at radius 1 is 1.57 bits per heavy atom. The number of hydrogen-bond acceptors (Lipinski definition) is 6. The molecule has 0 saturated heterocycles. The first-order valence-electron chi connectivity index (χ1n) is 6.68. The molecule has 1 unspecified atom stereocenters. The average Bonchev–Trinajstić information content (AvgIpc) is 2.97. The van der Waals surface area contributed by atoms with Gasteiger partial charge < -0.3 is 14.9 Å². The standard InChI is InChI=1S/C11H14N4O.C2HF3O2/c1-2-3-4-5-10-14-11(16-15-10)9-6-12-8-13-7-9;3-2(4,5)1(6)7/h8-9H,2-3,6-7H2,1H3,(H,12,13);(H,6,7). The lowest BCUT2D eigenvalue weighted by molar-refractivity contribution is -0.192. The number of nitrogens with zero attached hydrogens (tertiary/aromatic N) is 3. The molecule has 126 valence electrons. The lowest BCUT2D eigenvalue weighted by Crippen LogP contribution is -2.27. The zero-order valence-corrected chi connectivity index (χ0v) is 12.2. The van der Waals surface area contributed by atoms with Crippen molar-refractivity contribution in [2.75, 3.05) is 13.1 Å². The van der Waals surface area contributed by atoms with Gasteiger partial charge in [0.25, 0.3) is 0 Å². The van der Waals surface area contributed by atoms with Crippen LogP contribution in [-0.4, -0.2) is 46.8 Å². The van der Waals surface area contributed by atoms with Crippen molar-refractivity contribution in [1.29, 1.82) is 0 Å². The third kappa shape index (κ3) is 6.82. The molecule has 2 N–H and O–H groups in total. The Bertz CT molecular complexity index is 602. The molecule has 23 heavy (non-hydrogen) atoms. The fourth-order valence-electron chi connectivity index (χ4n) is 1.39. The lowest BCUT2D eigenvalue weighted by Gasteiger charge is -2.13. The molecule has 2 heterocycles. The first-order valence-corrected chi connectivity index (χ1v) is 6.68. The second kappa shape index (κ2) is 8.77. The van der Waals surface area contributed by atoms with E-state index in [9.17, 15) is 13.2 Å². The van der Waals surface area contributed by atoms with Crippen LogP contribution in [0.15, 0.2) is 9.52 Å². The summed E-state index contributed by atoms with van der Waals surface area (Å²) in [5, 5.41) is 14.0. The molecule has 2 rings (SSSR count). The normalized spacial score (nSPS) is 16.4. The Kier molecular flexibility index (Phi) is 7.05. The summed E-state index contributed by atoms with van der Waals surface area (Å²) in [6.45, 7) is 3.56. The van der Waals surface area contributed by atoms with E-state index in [4.69, 9.17) is 14.4 Å². The van der Waals surface area contributed by atoms with Crippen molar-refractivity contribution in [3.63, 3.8) is 0 Å². The summed E-state index contributed by atoms with van der Waals surface area (Å²) in [7, 11) is 0. The van der Waals surface area contributed by atoms with Crippen LogP contribution in [0.3, 0.4) is 0 Å². The van der Waals surface area contributed by atoms with Crippen molar-refractivity contribution < 1.29 is 27.6 Å². The first-order chi connectivity index (χ1) is 10.8. The van der Waals surface area contributed by atoms with Crippen molar-refractivity contribution in [3.8, 4) is 11.8 Å². The van der Waals surface area contributed by atoms with E-state index in [1.54, 1.807) is 6.34 Å². The van der Waals surface area contributed by atoms with Crippen LogP contribution in [-0.2, 0) is 4.79 Å². The van der Waals surface area contributed by atoms with E-state index in [1.165, 1.54) is 0 Å². The van der Waals surface area contributed by atoms with E-state index in [1.807, 2.05) is 0 Å². The Morgan fingerprint density at radius 3 is 2.78 bits per heavy atom. The highest BCUT2D eigenvalue weighted by molar-refractivity contribution is 5.73. The molecule has 0 aromatic carbocycles. The predicted octanol–water partition coefficient (Wildman–Crippen LogP) is 1.57. The number of aliphatic imine (C=N–C) groups is 1. The van der Waals surface area contributed by atoms with Crippen LogP contribution >= 0.6 is 0 Å². The van der Waals surface area contributed by atoms with Gasteiger partial charge in [0.15, 0.2) is 0 Å².